The minimum absolute atomic E-state index is 0.0321. The summed E-state index contributed by atoms with van der Waals surface area (Å²) in [5.74, 6) is -1.04. The molecule has 28 heavy (non-hydrogen) atoms. The molecule has 0 spiro atoms. The standard InChI is InChI=1S/C22H26F2N2O2/c1-3-12-26(16-8-10-25-11-9-16)22(27)19-6-4-15(13-20(19)23)18-7-5-17(28-2)14-21(18)24/h4-7,13-14,16,25H,3,8-12H2,1-2H3. The van der Waals surface area contributed by atoms with E-state index in [2.05, 4.69) is 5.32 Å². The van der Waals surface area contributed by atoms with Gasteiger partial charge >= 0.3 is 0 Å². The number of piperidine rings is 1. The number of halogens is 2. The van der Waals surface area contributed by atoms with Crippen LogP contribution in [0, 0.1) is 11.6 Å². The molecule has 150 valence electrons. The molecular formula is C22H26F2N2O2. The van der Waals surface area contributed by atoms with Gasteiger partial charge < -0.3 is 15.0 Å². The molecule has 6 heteroatoms. The Balaban J connectivity index is 1.87. The van der Waals surface area contributed by atoms with E-state index in [1.807, 2.05) is 6.92 Å². The van der Waals surface area contributed by atoms with E-state index in [9.17, 15) is 13.6 Å². The molecule has 1 aliphatic rings. The highest BCUT2D eigenvalue weighted by atomic mass is 19.1. The number of hydrogen-bond acceptors (Lipinski definition) is 3. The van der Waals surface area contributed by atoms with Crippen LogP contribution in [0.4, 0.5) is 8.78 Å². The Morgan fingerprint density at radius 3 is 2.50 bits per heavy atom. The third-order valence-corrected chi connectivity index (χ3v) is 5.16. The molecular weight excluding hydrogens is 362 g/mol. The first-order valence-electron chi connectivity index (χ1n) is 9.70. The van der Waals surface area contributed by atoms with E-state index < -0.39 is 11.6 Å². The number of ether oxygens (including phenoxy) is 1. The molecule has 1 heterocycles. The molecule has 0 unspecified atom stereocenters. The molecule has 2 aromatic rings. The first-order valence-corrected chi connectivity index (χ1v) is 9.70. The van der Waals surface area contributed by atoms with Crippen LogP contribution in [0.1, 0.15) is 36.5 Å². The maximum absolute atomic E-state index is 14.8. The number of carbonyl (C=O) groups excluding carboxylic acids is 1. The SMILES string of the molecule is CCCN(C(=O)c1ccc(-c2ccc(OC)cc2F)cc1F)C1CCNCC1. The van der Waals surface area contributed by atoms with Gasteiger partial charge in [-0.15, -0.1) is 0 Å². The van der Waals surface area contributed by atoms with Gasteiger partial charge in [-0.3, -0.25) is 4.79 Å². The molecule has 0 saturated carbocycles. The molecule has 2 aromatic carbocycles. The van der Waals surface area contributed by atoms with Gasteiger partial charge in [0.1, 0.15) is 17.4 Å². The maximum atomic E-state index is 14.8. The first-order chi connectivity index (χ1) is 13.5. The topological polar surface area (TPSA) is 41.6 Å². The number of hydrogen-bond donors (Lipinski definition) is 1. The summed E-state index contributed by atoms with van der Waals surface area (Å²) in [5, 5.41) is 3.28. The molecule has 1 amide bonds. The average molecular weight is 388 g/mol. The minimum Gasteiger partial charge on any atom is -0.497 e. The predicted molar refractivity (Wildman–Crippen MR) is 106 cm³/mol. The van der Waals surface area contributed by atoms with E-state index in [0.717, 1.165) is 32.4 Å². The van der Waals surface area contributed by atoms with Crippen LogP contribution in [0.15, 0.2) is 36.4 Å². The molecule has 3 rings (SSSR count). The van der Waals surface area contributed by atoms with Crippen LogP contribution in [0.5, 0.6) is 5.75 Å². The van der Waals surface area contributed by atoms with Gasteiger partial charge in [-0.25, -0.2) is 8.78 Å². The van der Waals surface area contributed by atoms with E-state index >= 15 is 0 Å². The minimum atomic E-state index is -0.632. The summed E-state index contributed by atoms with van der Waals surface area (Å²) in [5.41, 5.74) is 0.685. The van der Waals surface area contributed by atoms with Crippen LogP contribution in [0.3, 0.4) is 0 Å². The molecule has 1 fully saturated rings. The Kier molecular flexibility index (Phi) is 6.62. The van der Waals surface area contributed by atoms with Crippen molar-refractivity contribution in [2.45, 2.75) is 32.2 Å². The normalized spacial score (nSPS) is 14.7. The molecule has 0 radical (unpaired) electrons. The van der Waals surface area contributed by atoms with E-state index in [0.29, 0.717) is 17.9 Å². The monoisotopic (exact) mass is 388 g/mol. The Morgan fingerprint density at radius 1 is 1.14 bits per heavy atom. The molecule has 0 aliphatic carbocycles. The van der Waals surface area contributed by atoms with Crippen LogP contribution in [0.2, 0.25) is 0 Å². The van der Waals surface area contributed by atoms with Gasteiger partial charge in [-0.05, 0) is 62.2 Å². The smallest absolute Gasteiger partial charge is 0.257 e. The summed E-state index contributed by atoms with van der Waals surface area (Å²) in [6, 6.07) is 8.82. The van der Waals surface area contributed by atoms with Crippen LogP contribution < -0.4 is 10.1 Å². The summed E-state index contributed by atoms with van der Waals surface area (Å²) >= 11 is 0. The van der Waals surface area contributed by atoms with Crippen molar-refractivity contribution in [1.82, 2.24) is 10.2 Å². The van der Waals surface area contributed by atoms with Gasteiger partial charge in [0.05, 0.1) is 12.7 Å². The fourth-order valence-electron chi connectivity index (χ4n) is 3.68. The lowest BCUT2D eigenvalue weighted by Gasteiger charge is -2.34. The highest BCUT2D eigenvalue weighted by Gasteiger charge is 2.27. The Hall–Kier alpha value is -2.47. The third-order valence-electron chi connectivity index (χ3n) is 5.16. The first kappa shape index (κ1) is 20.3. The van der Waals surface area contributed by atoms with Crippen LogP contribution in [0.25, 0.3) is 11.1 Å². The van der Waals surface area contributed by atoms with Gasteiger partial charge in [-0.1, -0.05) is 13.0 Å². The molecule has 0 bridgehead atoms. The lowest BCUT2D eigenvalue weighted by Crippen LogP contribution is -2.46. The van der Waals surface area contributed by atoms with Crippen molar-refractivity contribution in [3.8, 4) is 16.9 Å². The number of amides is 1. The van der Waals surface area contributed by atoms with Crippen LogP contribution in [-0.4, -0.2) is 43.6 Å². The fourth-order valence-corrected chi connectivity index (χ4v) is 3.68. The van der Waals surface area contributed by atoms with Crippen molar-refractivity contribution in [3.63, 3.8) is 0 Å². The number of methoxy groups -OCH3 is 1. The van der Waals surface area contributed by atoms with E-state index in [-0.39, 0.29) is 23.1 Å². The summed E-state index contributed by atoms with van der Waals surface area (Å²) in [7, 11) is 1.46. The summed E-state index contributed by atoms with van der Waals surface area (Å²) < 4.78 is 34.1. The van der Waals surface area contributed by atoms with Crippen molar-refractivity contribution in [1.29, 1.82) is 0 Å². The predicted octanol–water partition coefficient (Wildman–Crippen LogP) is 4.24. The van der Waals surface area contributed by atoms with Crippen LogP contribution in [-0.2, 0) is 0 Å². The maximum Gasteiger partial charge on any atom is 0.257 e. The van der Waals surface area contributed by atoms with Crippen molar-refractivity contribution in [2.24, 2.45) is 0 Å². The van der Waals surface area contributed by atoms with Crippen molar-refractivity contribution >= 4 is 5.91 Å². The van der Waals surface area contributed by atoms with Gasteiger partial charge in [0.15, 0.2) is 0 Å². The zero-order valence-corrected chi connectivity index (χ0v) is 16.3. The summed E-state index contributed by atoms with van der Waals surface area (Å²) in [6.07, 6.45) is 2.54. The number of carbonyl (C=O) groups is 1. The second-order valence-corrected chi connectivity index (χ2v) is 7.02. The fraction of sp³-hybridized carbons (Fsp3) is 0.409. The molecule has 1 saturated heterocycles. The molecule has 0 atom stereocenters. The highest BCUT2D eigenvalue weighted by Crippen LogP contribution is 2.28. The van der Waals surface area contributed by atoms with E-state index in [1.54, 1.807) is 23.1 Å². The third kappa shape index (κ3) is 4.33. The number of nitrogens with one attached hydrogen (secondary N) is 1. The summed E-state index contributed by atoms with van der Waals surface area (Å²) in [6.45, 7) is 4.32. The average Bonchev–Trinajstić information content (AvgIpc) is 2.72. The lowest BCUT2D eigenvalue weighted by atomic mass is 10.00. The molecule has 0 aromatic heterocycles. The molecule has 4 nitrogen and oxygen atoms in total. The molecule has 1 aliphatic heterocycles. The van der Waals surface area contributed by atoms with E-state index in [4.69, 9.17) is 4.74 Å². The summed E-state index contributed by atoms with van der Waals surface area (Å²) in [4.78, 5) is 14.8. The second-order valence-electron chi connectivity index (χ2n) is 7.02. The number of nitrogens with zero attached hydrogens (tertiary/aromatic N) is 1. The van der Waals surface area contributed by atoms with E-state index in [1.165, 1.54) is 25.3 Å². The lowest BCUT2D eigenvalue weighted by molar-refractivity contribution is 0.0638. The van der Waals surface area contributed by atoms with Crippen molar-refractivity contribution < 1.29 is 18.3 Å². The largest absolute Gasteiger partial charge is 0.497 e. The van der Waals surface area contributed by atoms with Gasteiger partial charge in [0.2, 0.25) is 0 Å². The van der Waals surface area contributed by atoms with Gasteiger partial charge in [0, 0.05) is 24.2 Å². The quantitative estimate of drug-likeness (QED) is 0.805. The Bertz CT molecular complexity index is 835. The molecule has 1 N–H and O–H groups in total. The van der Waals surface area contributed by atoms with Crippen LogP contribution >= 0.6 is 0 Å². The Labute approximate surface area is 164 Å². The zero-order valence-electron chi connectivity index (χ0n) is 16.3. The van der Waals surface area contributed by atoms with Gasteiger partial charge in [-0.2, -0.15) is 0 Å². The van der Waals surface area contributed by atoms with Gasteiger partial charge in [0.25, 0.3) is 5.91 Å². The zero-order chi connectivity index (χ0) is 20.1. The highest BCUT2D eigenvalue weighted by molar-refractivity contribution is 5.95. The Morgan fingerprint density at radius 2 is 1.89 bits per heavy atom. The van der Waals surface area contributed by atoms with Crippen molar-refractivity contribution in [2.75, 3.05) is 26.7 Å². The number of rotatable bonds is 6. The van der Waals surface area contributed by atoms with Crippen molar-refractivity contribution in [3.05, 3.63) is 53.6 Å². The second kappa shape index (κ2) is 9.15. The number of benzene rings is 2.